The van der Waals surface area contributed by atoms with Crippen molar-refractivity contribution in [1.29, 1.82) is 0 Å². The molecule has 0 aliphatic carbocycles. The second-order valence-corrected chi connectivity index (χ2v) is 7.38. The summed E-state index contributed by atoms with van der Waals surface area (Å²) in [5.74, 6) is 1.03. The van der Waals surface area contributed by atoms with Crippen LogP contribution in [0.4, 0.5) is 10.6 Å². The number of aliphatic hydroxyl groups is 1. The number of hydrogen-bond acceptors (Lipinski definition) is 4. The van der Waals surface area contributed by atoms with Gasteiger partial charge in [-0.15, -0.1) is 0 Å². The number of nitrogens with one attached hydrogen (secondary N) is 1. The van der Waals surface area contributed by atoms with Gasteiger partial charge >= 0.3 is 6.03 Å². The van der Waals surface area contributed by atoms with E-state index in [0.29, 0.717) is 19.6 Å². The third-order valence-corrected chi connectivity index (χ3v) is 5.88. The van der Waals surface area contributed by atoms with Crippen molar-refractivity contribution >= 4 is 11.8 Å². The van der Waals surface area contributed by atoms with Crippen LogP contribution in [0.3, 0.4) is 0 Å². The molecule has 2 saturated heterocycles. The van der Waals surface area contributed by atoms with E-state index in [1.807, 2.05) is 23.2 Å². The largest absolute Gasteiger partial charge is 0.396 e. The highest BCUT2D eigenvalue weighted by molar-refractivity contribution is 5.74. The predicted octanol–water partition coefficient (Wildman–Crippen LogP) is 2.38. The number of carbonyl (C=O) groups excluding carboxylic acids is 1. The minimum atomic E-state index is -0.0220. The Labute approximate surface area is 150 Å². The number of amides is 2. The van der Waals surface area contributed by atoms with E-state index in [-0.39, 0.29) is 18.1 Å². The molecule has 2 fully saturated rings. The topological polar surface area (TPSA) is 68.7 Å². The molecule has 25 heavy (non-hydrogen) atoms. The van der Waals surface area contributed by atoms with Crippen LogP contribution in [0.1, 0.15) is 44.6 Å². The fraction of sp³-hybridized carbons (Fsp3) is 0.684. The molecular weight excluding hydrogens is 316 g/mol. The number of rotatable bonds is 5. The van der Waals surface area contributed by atoms with Crippen molar-refractivity contribution in [1.82, 2.24) is 15.2 Å². The molecule has 138 valence electrons. The first kappa shape index (κ1) is 18.0. The van der Waals surface area contributed by atoms with Gasteiger partial charge in [0, 0.05) is 45.5 Å². The quantitative estimate of drug-likeness (QED) is 0.859. The van der Waals surface area contributed by atoms with Gasteiger partial charge < -0.3 is 20.2 Å². The lowest BCUT2D eigenvalue weighted by atomic mass is 9.77. The number of piperidine rings is 1. The maximum atomic E-state index is 12.4. The number of nitrogens with zero attached hydrogens (tertiary/aromatic N) is 3. The molecule has 0 unspecified atom stereocenters. The van der Waals surface area contributed by atoms with E-state index in [0.717, 1.165) is 43.7 Å². The van der Waals surface area contributed by atoms with Gasteiger partial charge in [0.05, 0.1) is 0 Å². The molecule has 2 aliphatic heterocycles. The molecule has 0 aromatic carbocycles. The van der Waals surface area contributed by atoms with Crippen LogP contribution < -0.4 is 10.2 Å². The first-order valence-electron chi connectivity index (χ1n) is 9.49. The number of carbonyl (C=O) groups is 1. The number of aliphatic hydroxyl groups excluding tert-OH is 1. The molecule has 1 aromatic heterocycles. The van der Waals surface area contributed by atoms with Crippen LogP contribution in [-0.2, 0) is 6.54 Å². The van der Waals surface area contributed by atoms with Crippen LogP contribution in [0.25, 0.3) is 0 Å². The van der Waals surface area contributed by atoms with E-state index < -0.39 is 0 Å². The molecule has 2 N–H and O–H groups in total. The van der Waals surface area contributed by atoms with Crippen LogP contribution in [0, 0.1) is 5.41 Å². The van der Waals surface area contributed by atoms with E-state index in [4.69, 9.17) is 0 Å². The van der Waals surface area contributed by atoms with Gasteiger partial charge in [0.2, 0.25) is 0 Å². The summed E-state index contributed by atoms with van der Waals surface area (Å²) in [6.07, 6.45) is 7.06. The molecule has 3 heterocycles. The molecule has 3 rings (SSSR count). The Kier molecular flexibility index (Phi) is 5.78. The summed E-state index contributed by atoms with van der Waals surface area (Å²) in [7, 11) is 0. The van der Waals surface area contributed by atoms with Gasteiger partial charge in [0.15, 0.2) is 0 Å². The Hall–Kier alpha value is -1.82. The average Bonchev–Trinajstić information content (AvgIpc) is 3.21. The molecular formula is C19H30N4O2. The lowest BCUT2D eigenvalue weighted by Crippen LogP contribution is -2.48. The summed E-state index contributed by atoms with van der Waals surface area (Å²) in [5, 5.41) is 12.6. The Morgan fingerprint density at radius 3 is 2.52 bits per heavy atom. The standard InChI is InChI=1S/C19H30N4O2/c1-2-19(15-24)7-11-23(12-8-19)18(25)21-14-16-5-6-17(20-13-16)22-9-3-4-10-22/h5-6,13,24H,2-4,7-12,14-15H2,1H3,(H,21,25). The average molecular weight is 346 g/mol. The number of anilines is 1. The highest BCUT2D eigenvalue weighted by Gasteiger charge is 2.33. The van der Waals surface area contributed by atoms with Gasteiger partial charge in [-0.3, -0.25) is 0 Å². The lowest BCUT2D eigenvalue weighted by molar-refractivity contribution is 0.0519. The lowest BCUT2D eigenvalue weighted by Gasteiger charge is -2.40. The third kappa shape index (κ3) is 4.24. The van der Waals surface area contributed by atoms with Crippen LogP contribution in [0.5, 0.6) is 0 Å². The molecule has 2 aliphatic rings. The molecule has 2 amide bonds. The Balaban J connectivity index is 1.46. The number of pyridine rings is 1. The van der Waals surface area contributed by atoms with Gasteiger partial charge in [-0.2, -0.15) is 0 Å². The fourth-order valence-electron chi connectivity index (χ4n) is 3.75. The zero-order valence-electron chi connectivity index (χ0n) is 15.2. The molecule has 0 saturated carbocycles. The molecule has 6 heteroatoms. The summed E-state index contributed by atoms with van der Waals surface area (Å²) in [5.41, 5.74) is 1.03. The zero-order chi connectivity index (χ0) is 17.7. The van der Waals surface area contributed by atoms with Gasteiger partial charge in [0.25, 0.3) is 0 Å². The Bertz CT molecular complexity index is 555. The maximum Gasteiger partial charge on any atom is 0.317 e. The number of likely N-dealkylation sites (tertiary alicyclic amines) is 1. The Morgan fingerprint density at radius 2 is 1.96 bits per heavy atom. The van der Waals surface area contributed by atoms with Crippen LogP contribution >= 0.6 is 0 Å². The second-order valence-electron chi connectivity index (χ2n) is 7.38. The molecule has 0 atom stereocenters. The van der Waals surface area contributed by atoms with Gasteiger partial charge in [-0.25, -0.2) is 9.78 Å². The van der Waals surface area contributed by atoms with Gasteiger partial charge in [-0.05, 0) is 49.1 Å². The molecule has 0 radical (unpaired) electrons. The normalized spacial score (nSPS) is 19.9. The summed E-state index contributed by atoms with van der Waals surface area (Å²) < 4.78 is 0. The monoisotopic (exact) mass is 346 g/mol. The van der Waals surface area contributed by atoms with Crippen LogP contribution in [0.2, 0.25) is 0 Å². The minimum Gasteiger partial charge on any atom is -0.396 e. The van der Waals surface area contributed by atoms with Crippen molar-refractivity contribution in [2.24, 2.45) is 5.41 Å². The smallest absolute Gasteiger partial charge is 0.317 e. The van der Waals surface area contributed by atoms with E-state index in [1.165, 1.54) is 12.8 Å². The summed E-state index contributed by atoms with van der Waals surface area (Å²) in [6.45, 7) is 6.44. The molecule has 1 aromatic rings. The summed E-state index contributed by atoms with van der Waals surface area (Å²) in [4.78, 5) is 21.0. The van der Waals surface area contributed by atoms with Gasteiger partial charge in [-0.1, -0.05) is 13.0 Å². The van der Waals surface area contributed by atoms with Crippen LogP contribution in [-0.4, -0.2) is 53.8 Å². The van der Waals surface area contributed by atoms with Crippen molar-refractivity contribution in [2.75, 3.05) is 37.7 Å². The first-order chi connectivity index (χ1) is 12.2. The van der Waals surface area contributed by atoms with Crippen molar-refractivity contribution in [3.63, 3.8) is 0 Å². The number of aromatic nitrogens is 1. The summed E-state index contributed by atoms with van der Waals surface area (Å²) >= 11 is 0. The SMILES string of the molecule is CCC1(CO)CCN(C(=O)NCc2ccc(N3CCCC3)nc2)CC1. The third-order valence-electron chi connectivity index (χ3n) is 5.88. The highest BCUT2D eigenvalue weighted by Crippen LogP contribution is 2.34. The highest BCUT2D eigenvalue weighted by atomic mass is 16.3. The van der Waals surface area contributed by atoms with Crippen molar-refractivity contribution in [3.05, 3.63) is 23.9 Å². The first-order valence-corrected chi connectivity index (χ1v) is 9.49. The Morgan fingerprint density at radius 1 is 1.24 bits per heavy atom. The fourth-order valence-corrected chi connectivity index (χ4v) is 3.75. The second kappa shape index (κ2) is 8.04. The van der Waals surface area contributed by atoms with Crippen molar-refractivity contribution < 1.29 is 9.90 Å². The van der Waals surface area contributed by atoms with Crippen LogP contribution in [0.15, 0.2) is 18.3 Å². The number of hydrogen-bond donors (Lipinski definition) is 2. The maximum absolute atomic E-state index is 12.4. The van der Waals surface area contributed by atoms with Gasteiger partial charge in [0.1, 0.15) is 5.82 Å². The van der Waals surface area contributed by atoms with E-state index >= 15 is 0 Å². The van der Waals surface area contributed by atoms with E-state index in [2.05, 4.69) is 22.1 Å². The van der Waals surface area contributed by atoms with Crippen molar-refractivity contribution in [3.8, 4) is 0 Å². The minimum absolute atomic E-state index is 0.00605. The predicted molar refractivity (Wildman–Crippen MR) is 98.5 cm³/mol. The number of urea groups is 1. The summed E-state index contributed by atoms with van der Waals surface area (Å²) in [6, 6.07) is 4.07. The van der Waals surface area contributed by atoms with E-state index in [1.54, 1.807) is 0 Å². The zero-order valence-corrected chi connectivity index (χ0v) is 15.2. The molecule has 0 spiro atoms. The van der Waals surface area contributed by atoms with Crippen molar-refractivity contribution in [2.45, 2.75) is 45.6 Å². The van der Waals surface area contributed by atoms with E-state index in [9.17, 15) is 9.90 Å². The molecule has 6 nitrogen and oxygen atoms in total. The molecule has 0 bridgehead atoms.